The zero-order valence-electron chi connectivity index (χ0n) is 12.1. The third-order valence-electron chi connectivity index (χ3n) is 3.66. The first-order valence-electron chi connectivity index (χ1n) is 6.51. The molecule has 7 heteroatoms. The first kappa shape index (κ1) is 15.1. The van der Waals surface area contributed by atoms with E-state index in [4.69, 9.17) is 9.47 Å². The minimum atomic E-state index is -1.35. The molecule has 1 aliphatic heterocycles. The van der Waals surface area contributed by atoms with Crippen LogP contribution in [-0.2, 0) is 9.47 Å². The average molecular weight is 285 g/mol. The van der Waals surface area contributed by atoms with Gasteiger partial charge in [0.2, 0.25) is 0 Å². The lowest BCUT2D eigenvalue weighted by molar-refractivity contribution is -0.0480. The number of alkyl halides is 1. The molecule has 0 aromatic carbocycles. The third-order valence-corrected chi connectivity index (χ3v) is 3.66. The zero-order valence-corrected chi connectivity index (χ0v) is 12.1. The van der Waals surface area contributed by atoms with Crippen molar-refractivity contribution in [2.75, 3.05) is 20.8 Å². The lowest BCUT2D eigenvalue weighted by atomic mass is 10.1. The van der Waals surface area contributed by atoms with E-state index in [9.17, 15) is 9.18 Å². The number of nitrogens with one attached hydrogen (secondary N) is 1. The van der Waals surface area contributed by atoms with Gasteiger partial charge >= 0.3 is 5.69 Å². The van der Waals surface area contributed by atoms with Crippen LogP contribution in [0.3, 0.4) is 0 Å². The fraction of sp³-hybridized carbons (Fsp3) is 0.692. The second kappa shape index (κ2) is 5.99. The lowest BCUT2D eigenvalue weighted by Gasteiger charge is -2.17. The van der Waals surface area contributed by atoms with Gasteiger partial charge in [-0.05, 0) is 26.5 Å². The van der Waals surface area contributed by atoms with Crippen LogP contribution in [0.4, 0.5) is 4.39 Å². The molecule has 0 radical (unpaired) electrons. The molecule has 1 fully saturated rings. The van der Waals surface area contributed by atoms with E-state index in [0.29, 0.717) is 5.69 Å². The average Bonchev–Trinajstić information content (AvgIpc) is 2.71. The predicted octanol–water partition coefficient (Wildman–Crippen LogP) is 0.330. The van der Waals surface area contributed by atoms with Crippen molar-refractivity contribution < 1.29 is 13.9 Å². The Labute approximate surface area is 116 Å². The number of hydrogen-bond donors (Lipinski definition) is 1. The summed E-state index contributed by atoms with van der Waals surface area (Å²) in [6, 6.07) is -0.520. The molecule has 0 unspecified atom stereocenters. The smallest absolute Gasteiger partial charge is 0.350 e. The van der Waals surface area contributed by atoms with Crippen LogP contribution in [0.5, 0.6) is 0 Å². The van der Waals surface area contributed by atoms with Crippen molar-refractivity contribution in [1.29, 1.82) is 0 Å². The molecule has 0 spiro atoms. The number of aromatic nitrogens is 2. The summed E-state index contributed by atoms with van der Waals surface area (Å²) in [5.41, 5.74) is 0.948. The summed E-state index contributed by atoms with van der Waals surface area (Å²) in [7, 11) is 3.19. The Morgan fingerprint density at radius 1 is 1.55 bits per heavy atom. The number of likely N-dealkylation sites (N-methyl/N-ethyl adjacent to an activating group) is 1. The number of halogens is 1. The van der Waals surface area contributed by atoms with Gasteiger partial charge in [-0.1, -0.05) is 0 Å². The Morgan fingerprint density at radius 3 is 2.85 bits per heavy atom. The number of rotatable bonds is 4. The van der Waals surface area contributed by atoms with Crippen LogP contribution < -0.4 is 11.0 Å². The molecule has 2 heterocycles. The van der Waals surface area contributed by atoms with Crippen LogP contribution in [0, 0.1) is 13.8 Å². The maximum Gasteiger partial charge on any atom is 0.350 e. The molecule has 2 rings (SSSR count). The number of hydrogen-bond acceptors (Lipinski definition) is 5. The fourth-order valence-corrected chi connectivity index (χ4v) is 2.42. The van der Waals surface area contributed by atoms with E-state index >= 15 is 0 Å². The molecule has 6 nitrogen and oxygen atoms in total. The zero-order chi connectivity index (χ0) is 14.9. The fourth-order valence-electron chi connectivity index (χ4n) is 2.42. The first-order chi connectivity index (χ1) is 9.49. The molecule has 0 amide bonds. The van der Waals surface area contributed by atoms with Crippen LogP contribution in [0.1, 0.15) is 17.5 Å². The van der Waals surface area contributed by atoms with E-state index in [0.717, 1.165) is 5.56 Å². The van der Waals surface area contributed by atoms with Gasteiger partial charge in [0.05, 0.1) is 12.6 Å². The van der Waals surface area contributed by atoms with Crippen molar-refractivity contribution in [2.45, 2.75) is 38.4 Å². The number of ether oxygens (including phenoxy) is 2. The molecule has 0 bridgehead atoms. The predicted molar refractivity (Wildman–Crippen MR) is 71.5 cm³/mol. The highest BCUT2D eigenvalue weighted by molar-refractivity contribution is 5.13. The minimum absolute atomic E-state index is 0.259. The molecule has 0 aliphatic carbocycles. The Balaban J connectivity index is 2.34. The van der Waals surface area contributed by atoms with Crippen molar-refractivity contribution in [3.63, 3.8) is 0 Å². The second-order valence-electron chi connectivity index (χ2n) is 4.98. The summed E-state index contributed by atoms with van der Waals surface area (Å²) in [4.78, 5) is 15.8. The lowest BCUT2D eigenvalue weighted by Crippen LogP contribution is -2.42. The van der Waals surface area contributed by atoms with Crippen LogP contribution in [0.2, 0.25) is 0 Å². The van der Waals surface area contributed by atoms with Crippen LogP contribution in [-0.4, -0.2) is 48.6 Å². The van der Waals surface area contributed by atoms with Crippen molar-refractivity contribution in [2.24, 2.45) is 0 Å². The van der Waals surface area contributed by atoms with Gasteiger partial charge in [-0.25, -0.2) is 9.18 Å². The quantitative estimate of drug-likeness (QED) is 0.863. The number of aryl methyl sites for hydroxylation is 2. The van der Waals surface area contributed by atoms with Crippen LogP contribution in [0.25, 0.3) is 0 Å². The highest BCUT2D eigenvalue weighted by atomic mass is 19.1. The second-order valence-corrected chi connectivity index (χ2v) is 4.98. The third kappa shape index (κ3) is 2.61. The van der Waals surface area contributed by atoms with Gasteiger partial charge in [-0.3, -0.25) is 4.57 Å². The Bertz CT molecular complexity index is 534. The van der Waals surface area contributed by atoms with E-state index in [1.807, 2.05) is 6.92 Å². The molecule has 1 N–H and O–H groups in total. The van der Waals surface area contributed by atoms with Gasteiger partial charge in [0.25, 0.3) is 0 Å². The van der Waals surface area contributed by atoms with Gasteiger partial charge in [0.1, 0.15) is 6.10 Å². The van der Waals surface area contributed by atoms with E-state index < -0.39 is 30.2 Å². The molecule has 4 atom stereocenters. The molecule has 1 aromatic heterocycles. The summed E-state index contributed by atoms with van der Waals surface area (Å²) in [5.74, 6) is 0. The standard InChI is InChI=1S/C13H20FN3O3/c1-7-5-17(13(18)16-8(7)2)12-10(14)11(15-3)9(20-12)6-19-4/h5,9-12,15H,6H2,1-4H3/t9-,10+,11-,12-/m1/s1. The van der Waals surface area contributed by atoms with Crippen LogP contribution >= 0.6 is 0 Å². The highest BCUT2D eigenvalue weighted by Crippen LogP contribution is 2.31. The molecule has 1 saturated heterocycles. The molecular weight excluding hydrogens is 265 g/mol. The van der Waals surface area contributed by atoms with E-state index in [2.05, 4.69) is 10.3 Å². The van der Waals surface area contributed by atoms with Crippen molar-refractivity contribution >= 4 is 0 Å². The monoisotopic (exact) mass is 285 g/mol. The SMILES string of the molecule is CN[C@H]1[C@H](F)[C@H](n2cc(C)c(C)nc2=O)O[C@@H]1COC. The highest BCUT2D eigenvalue weighted by Gasteiger charge is 2.45. The van der Waals surface area contributed by atoms with Gasteiger partial charge < -0.3 is 14.8 Å². The van der Waals surface area contributed by atoms with Crippen molar-refractivity contribution in [3.05, 3.63) is 27.9 Å². The Hall–Kier alpha value is -1.31. The van der Waals surface area contributed by atoms with Crippen molar-refractivity contribution in [3.8, 4) is 0 Å². The summed E-state index contributed by atoms with van der Waals surface area (Å²) in [6.45, 7) is 3.83. The molecule has 1 aliphatic rings. The van der Waals surface area contributed by atoms with Gasteiger partial charge in [-0.15, -0.1) is 0 Å². The van der Waals surface area contributed by atoms with Crippen molar-refractivity contribution in [1.82, 2.24) is 14.9 Å². The van der Waals surface area contributed by atoms with E-state index in [-0.39, 0.29) is 6.61 Å². The van der Waals surface area contributed by atoms with Gasteiger partial charge in [0, 0.05) is 19.0 Å². The molecule has 1 aromatic rings. The van der Waals surface area contributed by atoms with E-state index in [1.54, 1.807) is 20.2 Å². The normalized spacial score (nSPS) is 29.9. The minimum Gasteiger partial charge on any atom is -0.382 e. The molecular formula is C13H20FN3O3. The summed E-state index contributed by atoms with van der Waals surface area (Å²) in [6.07, 6.45) is -1.18. The first-order valence-corrected chi connectivity index (χ1v) is 6.51. The number of nitrogens with zero attached hydrogens (tertiary/aromatic N) is 2. The summed E-state index contributed by atoms with van der Waals surface area (Å²) >= 11 is 0. The summed E-state index contributed by atoms with van der Waals surface area (Å²) < 4.78 is 26.4. The van der Waals surface area contributed by atoms with Gasteiger partial charge in [0.15, 0.2) is 12.4 Å². The maximum absolute atomic E-state index is 14.5. The maximum atomic E-state index is 14.5. The van der Waals surface area contributed by atoms with Crippen LogP contribution in [0.15, 0.2) is 11.0 Å². The Morgan fingerprint density at radius 2 is 2.25 bits per heavy atom. The molecule has 112 valence electrons. The number of methoxy groups -OCH3 is 1. The van der Waals surface area contributed by atoms with E-state index in [1.165, 1.54) is 11.7 Å². The summed E-state index contributed by atoms with van der Waals surface area (Å²) in [5, 5.41) is 2.88. The molecule has 0 saturated carbocycles. The Kier molecular flexibility index (Phi) is 4.52. The van der Waals surface area contributed by atoms with Gasteiger partial charge in [-0.2, -0.15) is 4.98 Å². The molecule has 20 heavy (non-hydrogen) atoms. The topological polar surface area (TPSA) is 65.4 Å². The largest absolute Gasteiger partial charge is 0.382 e.